The summed E-state index contributed by atoms with van der Waals surface area (Å²) in [7, 11) is 3.12. The Bertz CT molecular complexity index is 1070. The monoisotopic (exact) mass is 494 g/mol. The van der Waals surface area contributed by atoms with E-state index in [1.807, 2.05) is 35.4 Å². The highest BCUT2D eigenvalue weighted by atomic mass is 16.5. The van der Waals surface area contributed by atoms with Gasteiger partial charge in [0.2, 0.25) is 17.7 Å². The number of methoxy groups -OCH3 is 2. The molecule has 0 spiro atoms. The number of piperazine rings is 1. The van der Waals surface area contributed by atoms with Gasteiger partial charge in [-0.2, -0.15) is 0 Å². The number of pyridine rings is 1. The van der Waals surface area contributed by atoms with Crippen LogP contribution in [-0.2, 0) is 31.1 Å². The van der Waals surface area contributed by atoms with Crippen molar-refractivity contribution in [3.05, 3.63) is 59.9 Å². The summed E-state index contributed by atoms with van der Waals surface area (Å²) in [6.45, 7) is 4.10. The third kappa shape index (κ3) is 5.42. The molecule has 0 N–H and O–H groups in total. The first-order valence-electron chi connectivity index (χ1n) is 12.3. The number of ether oxygens (including phenoxy) is 2. The van der Waals surface area contributed by atoms with Gasteiger partial charge in [0.05, 0.1) is 12.5 Å². The molecule has 2 aliphatic heterocycles. The molecule has 1 unspecified atom stereocenters. The van der Waals surface area contributed by atoms with Gasteiger partial charge in [0, 0.05) is 83.8 Å². The van der Waals surface area contributed by atoms with Crippen molar-refractivity contribution in [3.8, 4) is 5.75 Å². The lowest BCUT2D eigenvalue weighted by molar-refractivity contribution is -0.143. The van der Waals surface area contributed by atoms with Gasteiger partial charge in [0.25, 0.3) is 0 Å². The fourth-order valence-electron chi connectivity index (χ4n) is 5.15. The molecule has 36 heavy (non-hydrogen) atoms. The van der Waals surface area contributed by atoms with Crippen LogP contribution in [0.5, 0.6) is 5.75 Å². The molecule has 2 aromatic rings. The fourth-order valence-corrected chi connectivity index (χ4v) is 5.15. The molecule has 1 atom stereocenters. The molecule has 9 heteroatoms. The van der Waals surface area contributed by atoms with Gasteiger partial charge in [-0.25, -0.2) is 0 Å². The summed E-state index contributed by atoms with van der Waals surface area (Å²) in [6, 6.07) is 11.2. The number of carbonyl (C=O) groups is 3. The van der Waals surface area contributed by atoms with E-state index in [9.17, 15) is 14.4 Å². The van der Waals surface area contributed by atoms with E-state index < -0.39 is 5.41 Å². The smallest absolute Gasteiger partial charge is 0.241 e. The van der Waals surface area contributed by atoms with Crippen LogP contribution in [0, 0.1) is 0 Å². The van der Waals surface area contributed by atoms with Crippen LogP contribution < -0.4 is 4.74 Å². The Balaban J connectivity index is 1.51. The molecular weight excluding hydrogens is 460 g/mol. The topological polar surface area (TPSA) is 92.3 Å². The number of carbonyl (C=O) groups excluding carboxylic acids is 3. The van der Waals surface area contributed by atoms with Gasteiger partial charge in [0.1, 0.15) is 5.75 Å². The molecule has 192 valence electrons. The maximum atomic E-state index is 13.8. The largest absolute Gasteiger partial charge is 0.496 e. The maximum Gasteiger partial charge on any atom is 0.241 e. The van der Waals surface area contributed by atoms with Crippen LogP contribution in [0.4, 0.5) is 0 Å². The van der Waals surface area contributed by atoms with Gasteiger partial charge < -0.3 is 14.4 Å². The third-order valence-corrected chi connectivity index (χ3v) is 7.07. The number of hydrogen-bond donors (Lipinski definition) is 0. The average molecular weight is 495 g/mol. The lowest BCUT2D eigenvalue weighted by Gasteiger charge is -2.37. The zero-order chi connectivity index (χ0) is 25.5. The summed E-state index contributed by atoms with van der Waals surface area (Å²) in [6.07, 6.45) is 4.04. The second-order valence-electron chi connectivity index (χ2n) is 9.35. The molecular formula is C27H34N4O5. The van der Waals surface area contributed by atoms with E-state index in [1.165, 1.54) is 12.0 Å². The van der Waals surface area contributed by atoms with E-state index in [0.717, 1.165) is 25.2 Å². The summed E-state index contributed by atoms with van der Waals surface area (Å²) in [5, 5.41) is 0. The first-order valence-corrected chi connectivity index (χ1v) is 12.3. The van der Waals surface area contributed by atoms with Gasteiger partial charge in [-0.1, -0.05) is 24.3 Å². The molecule has 3 amide bonds. The zero-order valence-electron chi connectivity index (χ0n) is 21.0. The van der Waals surface area contributed by atoms with Gasteiger partial charge in [-0.15, -0.1) is 0 Å². The Morgan fingerprint density at radius 1 is 1.06 bits per heavy atom. The molecule has 2 fully saturated rings. The highest BCUT2D eigenvalue weighted by Crippen LogP contribution is 2.44. The van der Waals surface area contributed by atoms with Crippen molar-refractivity contribution in [2.75, 3.05) is 53.6 Å². The molecule has 9 nitrogen and oxygen atoms in total. The minimum atomic E-state index is -1.28. The van der Waals surface area contributed by atoms with E-state index >= 15 is 0 Å². The van der Waals surface area contributed by atoms with Gasteiger partial charge in [0.15, 0.2) is 0 Å². The minimum absolute atomic E-state index is 0.0497. The van der Waals surface area contributed by atoms with E-state index in [1.54, 1.807) is 25.4 Å². The Morgan fingerprint density at radius 2 is 1.83 bits per heavy atom. The maximum absolute atomic E-state index is 13.8. The first kappa shape index (κ1) is 25.8. The van der Waals surface area contributed by atoms with Crippen LogP contribution in [-0.4, -0.2) is 91.0 Å². The van der Waals surface area contributed by atoms with Crippen molar-refractivity contribution in [1.82, 2.24) is 19.7 Å². The van der Waals surface area contributed by atoms with E-state index in [-0.39, 0.29) is 37.1 Å². The predicted molar refractivity (Wildman–Crippen MR) is 133 cm³/mol. The van der Waals surface area contributed by atoms with Crippen molar-refractivity contribution in [3.63, 3.8) is 0 Å². The number of imide groups is 1. The number of nitrogens with zero attached hydrogens (tertiary/aromatic N) is 4. The molecule has 0 bridgehead atoms. The first-order chi connectivity index (χ1) is 17.5. The number of rotatable bonds is 10. The normalized spacial score (nSPS) is 20.7. The zero-order valence-corrected chi connectivity index (χ0v) is 21.0. The molecule has 0 radical (unpaired) electrons. The number of amides is 3. The lowest BCUT2D eigenvalue weighted by Crippen LogP contribution is -2.50. The number of benzene rings is 1. The Kier molecular flexibility index (Phi) is 8.32. The Hall–Kier alpha value is -3.30. The van der Waals surface area contributed by atoms with E-state index in [4.69, 9.17) is 9.47 Å². The standard InChI is InChI=1S/C27H34N4O5/c1-35-16-6-11-31-25(33)18-27(26(31)34,22-8-3-4-9-23(22)36-2)17-24(32)30-14-12-29(13-15-30)20-21-7-5-10-28-19-21/h3-5,7-10,19H,6,11-18,20H2,1-2H3. The van der Waals surface area contributed by atoms with Crippen LogP contribution in [0.2, 0.25) is 0 Å². The third-order valence-electron chi connectivity index (χ3n) is 7.07. The molecule has 0 saturated carbocycles. The van der Waals surface area contributed by atoms with Crippen molar-refractivity contribution in [2.45, 2.75) is 31.2 Å². The molecule has 0 aliphatic carbocycles. The highest BCUT2D eigenvalue weighted by molar-refractivity contribution is 6.11. The molecule has 3 heterocycles. The van der Waals surface area contributed by atoms with Crippen molar-refractivity contribution >= 4 is 17.7 Å². The van der Waals surface area contributed by atoms with Crippen molar-refractivity contribution in [1.29, 1.82) is 0 Å². The lowest BCUT2D eigenvalue weighted by atomic mass is 9.75. The second kappa shape index (κ2) is 11.6. The quantitative estimate of drug-likeness (QED) is 0.368. The molecule has 1 aromatic heterocycles. The fraction of sp³-hybridized carbons (Fsp3) is 0.481. The Morgan fingerprint density at radius 3 is 2.53 bits per heavy atom. The van der Waals surface area contributed by atoms with Crippen LogP contribution in [0.25, 0.3) is 0 Å². The molecule has 1 aromatic carbocycles. The van der Waals surface area contributed by atoms with Crippen molar-refractivity contribution < 1.29 is 23.9 Å². The SMILES string of the molecule is COCCCN1C(=O)CC(CC(=O)N2CCN(Cc3cccnc3)CC2)(c2ccccc2OC)C1=O. The second-order valence-corrected chi connectivity index (χ2v) is 9.35. The van der Waals surface area contributed by atoms with Gasteiger partial charge in [-0.3, -0.25) is 29.2 Å². The minimum Gasteiger partial charge on any atom is -0.496 e. The van der Waals surface area contributed by atoms with Gasteiger partial charge >= 0.3 is 0 Å². The average Bonchev–Trinajstić information content (AvgIpc) is 3.14. The summed E-state index contributed by atoms with van der Waals surface area (Å²) >= 11 is 0. The summed E-state index contributed by atoms with van der Waals surface area (Å²) in [5.41, 5.74) is 0.445. The predicted octanol–water partition coefficient (Wildman–Crippen LogP) is 1.86. The number of likely N-dealkylation sites (tertiary alicyclic amines) is 1. The van der Waals surface area contributed by atoms with E-state index in [2.05, 4.69) is 9.88 Å². The highest BCUT2D eigenvalue weighted by Gasteiger charge is 2.55. The molecule has 2 saturated heterocycles. The number of aromatic nitrogens is 1. The summed E-state index contributed by atoms with van der Waals surface area (Å²) in [5.74, 6) is -0.221. The summed E-state index contributed by atoms with van der Waals surface area (Å²) < 4.78 is 10.7. The molecule has 4 rings (SSSR count). The van der Waals surface area contributed by atoms with Gasteiger partial charge in [-0.05, 0) is 24.1 Å². The van der Waals surface area contributed by atoms with Crippen molar-refractivity contribution in [2.24, 2.45) is 0 Å². The van der Waals surface area contributed by atoms with E-state index in [0.29, 0.717) is 37.4 Å². The van der Waals surface area contributed by atoms with Crippen LogP contribution >= 0.6 is 0 Å². The summed E-state index contributed by atoms with van der Waals surface area (Å²) in [4.78, 5) is 50.0. The van der Waals surface area contributed by atoms with Crippen LogP contribution in [0.1, 0.15) is 30.4 Å². The van der Waals surface area contributed by atoms with Crippen LogP contribution in [0.3, 0.4) is 0 Å². The number of hydrogen-bond acceptors (Lipinski definition) is 7. The Labute approximate surface area is 212 Å². The molecule has 2 aliphatic rings. The number of para-hydroxylation sites is 1. The van der Waals surface area contributed by atoms with Crippen LogP contribution in [0.15, 0.2) is 48.8 Å².